The molecule has 2 aromatic rings. The van der Waals surface area contributed by atoms with Crippen LogP contribution in [0.4, 0.5) is 13.2 Å². The van der Waals surface area contributed by atoms with Gasteiger partial charge in [0.05, 0.1) is 18.8 Å². The summed E-state index contributed by atoms with van der Waals surface area (Å²) in [5.74, 6) is 1.58. The number of alkyl halides is 3. The second kappa shape index (κ2) is 10.4. The Bertz CT molecular complexity index is 805. The van der Waals surface area contributed by atoms with Gasteiger partial charge >= 0.3 is 6.18 Å². The number of hydrogen-bond acceptors (Lipinski definition) is 7. The molecule has 2 aromatic heterocycles. The van der Waals surface area contributed by atoms with E-state index in [1.165, 1.54) is 5.32 Å². The Balaban J connectivity index is 0.000000343. The number of ether oxygens (including phenoxy) is 1. The Kier molecular flexibility index (Phi) is 8.18. The van der Waals surface area contributed by atoms with Crippen LogP contribution in [0.2, 0.25) is 0 Å². The summed E-state index contributed by atoms with van der Waals surface area (Å²) < 4.78 is 43.9. The summed E-state index contributed by atoms with van der Waals surface area (Å²) in [7, 11) is 1.63. The van der Waals surface area contributed by atoms with Crippen LogP contribution in [0, 0.1) is 0 Å². The Morgan fingerprint density at radius 3 is 2.53 bits per heavy atom. The first-order chi connectivity index (χ1) is 14.2. The molecule has 0 radical (unpaired) electrons. The summed E-state index contributed by atoms with van der Waals surface area (Å²) in [4.78, 5) is 15.8. The van der Waals surface area contributed by atoms with Crippen molar-refractivity contribution in [2.45, 2.75) is 25.6 Å². The smallest absolute Gasteiger partial charge is 0.405 e. The second-order valence-corrected chi connectivity index (χ2v) is 7.10. The zero-order valence-electron chi connectivity index (χ0n) is 17.1. The fourth-order valence-electron chi connectivity index (χ4n) is 2.91. The Labute approximate surface area is 172 Å². The van der Waals surface area contributed by atoms with Crippen LogP contribution in [-0.4, -0.2) is 67.5 Å². The molecule has 3 heterocycles. The van der Waals surface area contributed by atoms with Crippen LogP contribution in [-0.2, 0) is 10.3 Å². The van der Waals surface area contributed by atoms with Crippen LogP contribution in [0.25, 0.3) is 11.3 Å². The number of methoxy groups -OCH3 is 1. The van der Waals surface area contributed by atoms with Gasteiger partial charge in [0.15, 0.2) is 5.76 Å². The molecule has 0 spiro atoms. The van der Waals surface area contributed by atoms with Gasteiger partial charge in [-0.3, -0.25) is 14.7 Å². The molecule has 166 valence electrons. The first-order valence-electron chi connectivity index (χ1n) is 9.33. The fraction of sp³-hybridized carbons (Fsp3) is 0.526. The minimum Gasteiger partial charge on any atom is -0.495 e. The standard InChI is InChI=1S/C16H22N4O2.C3H4F3NO/c1-16(2,20-6-4-17-5-7-20)15-9-14(19-22-15)12-8-13(21-3)11-18-10-12;4-3(5,6)1-7-2-8/h8-11,17H,4-7H2,1-3H3;2H,1H2,(H,7,8). The van der Waals surface area contributed by atoms with E-state index in [1.54, 1.807) is 19.5 Å². The highest BCUT2D eigenvalue weighted by molar-refractivity contribution is 5.59. The number of aromatic nitrogens is 2. The summed E-state index contributed by atoms with van der Waals surface area (Å²) in [6.07, 6.45) is -0.842. The molecule has 1 aliphatic rings. The molecule has 0 bridgehead atoms. The number of hydrogen-bond donors (Lipinski definition) is 2. The van der Waals surface area contributed by atoms with Gasteiger partial charge < -0.3 is 19.9 Å². The van der Waals surface area contributed by atoms with Gasteiger partial charge in [-0.05, 0) is 19.9 Å². The van der Waals surface area contributed by atoms with Crippen molar-refractivity contribution in [3.05, 3.63) is 30.3 Å². The highest BCUT2D eigenvalue weighted by Crippen LogP contribution is 2.31. The molecule has 0 unspecified atom stereocenters. The highest BCUT2D eigenvalue weighted by atomic mass is 19.4. The summed E-state index contributed by atoms with van der Waals surface area (Å²) in [6, 6.07) is 3.91. The van der Waals surface area contributed by atoms with E-state index in [0.29, 0.717) is 5.75 Å². The van der Waals surface area contributed by atoms with E-state index in [1.807, 2.05) is 12.1 Å². The molecule has 3 rings (SSSR count). The minimum atomic E-state index is -4.29. The molecule has 0 atom stereocenters. The Morgan fingerprint density at radius 2 is 1.97 bits per heavy atom. The first kappa shape index (κ1) is 23.6. The molecule has 0 aromatic carbocycles. The third kappa shape index (κ3) is 6.70. The lowest BCUT2D eigenvalue weighted by molar-refractivity contribution is -0.132. The SMILES string of the molecule is COc1cncc(-c2cc(C(C)(C)N3CCNCC3)on2)c1.O=CNCC(F)(F)F. The van der Waals surface area contributed by atoms with Crippen LogP contribution >= 0.6 is 0 Å². The van der Waals surface area contributed by atoms with Gasteiger partial charge in [0.25, 0.3) is 0 Å². The van der Waals surface area contributed by atoms with Crippen molar-refractivity contribution in [1.82, 2.24) is 25.7 Å². The third-order valence-corrected chi connectivity index (χ3v) is 4.65. The summed E-state index contributed by atoms with van der Waals surface area (Å²) in [5, 5.41) is 9.06. The average molecular weight is 429 g/mol. The average Bonchev–Trinajstić information content (AvgIpc) is 3.24. The molecule has 0 aliphatic carbocycles. The summed E-state index contributed by atoms with van der Waals surface area (Å²) in [6.45, 7) is 7.11. The van der Waals surface area contributed by atoms with Crippen molar-refractivity contribution in [2.75, 3.05) is 39.8 Å². The van der Waals surface area contributed by atoms with Crippen molar-refractivity contribution in [3.63, 3.8) is 0 Å². The maximum atomic E-state index is 11.0. The van der Waals surface area contributed by atoms with E-state index in [4.69, 9.17) is 9.26 Å². The van der Waals surface area contributed by atoms with Crippen molar-refractivity contribution in [3.8, 4) is 17.0 Å². The Morgan fingerprint density at radius 1 is 1.27 bits per heavy atom. The number of nitrogens with one attached hydrogen (secondary N) is 2. The van der Waals surface area contributed by atoms with E-state index in [2.05, 4.69) is 34.2 Å². The highest BCUT2D eigenvalue weighted by Gasteiger charge is 2.33. The number of halogens is 3. The van der Waals surface area contributed by atoms with E-state index < -0.39 is 12.7 Å². The van der Waals surface area contributed by atoms with E-state index >= 15 is 0 Å². The topological polar surface area (TPSA) is 92.5 Å². The molecule has 0 saturated carbocycles. The van der Waals surface area contributed by atoms with Crippen LogP contribution in [0.5, 0.6) is 5.75 Å². The van der Waals surface area contributed by atoms with E-state index in [9.17, 15) is 18.0 Å². The molecule has 8 nitrogen and oxygen atoms in total. The minimum absolute atomic E-state index is 0.00743. The number of piperazine rings is 1. The van der Waals surface area contributed by atoms with Gasteiger partial charge in [0.2, 0.25) is 6.41 Å². The van der Waals surface area contributed by atoms with Crippen LogP contribution in [0.1, 0.15) is 19.6 Å². The third-order valence-electron chi connectivity index (χ3n) is 4.65. The quantitative estimate of drug-likeness (QED) is 0.680. The number of carbonyl (C=O) groups is 1. The van der Waals surface area contributed by atoms with Crippen LogP contribution in [0.15, 0.2) is 29.0 Å². The fourth-order valence-corrected chi connectivity index (χ4v) is 2.91. The zero-order chi connectivity index (χ0) is 22.2. The lowest BCUT2D eigenvalue weighted by atomic mass is 9.97. The zero-order valence-corrected chi connectivity index (χ0v) is 17.1. The van der Waals surface area contributed by atoms with Gasteiger partial charge in [0, 0.05) is 44.0 Å². The van der Waals surface area contributed by atoms with Crippen LogP contribution < -0.4 is 15.4 Å². The van der Waals surface area contributed by atoms with Gasteiger partial charge in [-0.25, -0.2) is 0 Å². The van der Waals surface area contributed by atoms with Crippen molar-refractivity contribution in [1.29, 1.82) is 0 Å². The maximum Gasteiger partial charge on any atom is 0.405 e. The number of rotatable bonds is 6. The largest absolute Gasteiger partial charge is 0.495 e. The molecule has 1 fully saturated rings. The van der Waals surface area contributed by atoms with Crippen molar-refractivity contribution >= 4 is 6.41 Å². The molecular formula is C19H26F3N5O3. The van der Waals surface area contributed by atoms with Gasteiger partial charge in [-0.1, -0.05) is 5.16 Å². The summed E-state index contributed by atoms with van der Waals surface area (Å²) >= 11 is 0. The van der Waals surface area contributed by atoms with Crippen LogP contribution in [0.3, 0.4) is 0 Å². The predicted octanol–water partition coefficient (Wildman–Crippen LogP) is 2.18. The van der Waals surface area contributed by atoms with Crippen molar-refractivity contribution in [2.24, 2.45) is 0 Å². The van der Waals surface area contributed by atoms with Gasteiger partial charge in [-0.2, -0.15) is 13.2 Å². The number of nitrogens with zero attached hydrogens (tertiary/aromatic N) is 3. The number of carbonyl (C=O) groups excluding carboxylic acids is 1. The molecule has 11 heteroatoms. The monoisotopic (exact) mass is 429 g/mol. The predicted molar refractivity (Wildman–Crippen MR) is 104 cm³/mol. The Hall–Kier alpha value is -2.66. The molecular weight excluding hydrogens is 403 g/mol. The van der Waals surface area contributed by atoms with Gasteiger partial charge in [0.1, 0.15) is 18.0 Å². The maximum absolute atomic E-state index is 11.0. The second-order valence-electron chi connectivity index (χ2n) is 7.10. The van der Waals surface area contributed by atoms with E-state index in [0.717, 1.165) is 43.2 Å². The normalized spacial score (nSPS) is 15.1. The van der Waals surface area contributed by atoms with Crippen molar-refractivity contribution < 1.29 is 27.2 Å². The van der Waals surface area contributed by atoms with Gasteiger partial charge in [-0.15, -0.1) is 0 Å². The molecule has 2 N–H and O–H groups in total. The van der Waals surface area contributed by atoms with E-state index in [-0.39, 0.29) is 11.9 Å². The molecule has 1 amide bonds. The molecule has 30 heavy (non-hydrogen) atoms. The number of amides is 1. The summed E-state index contributed by atoms with van der Waals surface area (Å²) in [5.41, 5.74) is 1.50. The lowest BCUT2D eigenvalue weighted by Crippen LogP contribution is -2.51. The molecule has 1 aliphatic heterocycles. The first-order valence-corrected chi connectivity index (χ1v) is 9.33. The molecule has 1 saturated heterocycles. The number of pyridine rings is 1. The lowest BCUT2D eigenvalue weighted by Gasteiger charge is -2.39.